The van der Waals surface area contributed by atoms with Gasteiger partial charge in [-0.1, -0.05) is 37.1 Å². The summed E-state index contributed by atoms with van der Waals surface area (Å²) < 4.78 is 18.3. The molecule has 1 aliphatic heterocycles. The molecule has 2 heterocycles. The highest BCUT2D eigenvalue weighted by molar-refractivity contribution is 7.99. The summed E-state index contributed by atoms with van der Waals surface area (Å²) >= 11 is 1.42. The highest BCUT2D eigenvalue weighted by Crippen LogP contribution is 2.35. The molecule has 9 nitrogen and oxygen atoms in total. The third kappa shape index (κ3) is 5.64. The quantitative estimate of drug-likeness (QED) is 0.406. The minimum Gasteiger partial charge on any atom is -0.497 e. The molecule has 184 valence electrons. The van der Waals surface area contributed by atoms with E-state index in [1.807, 2.05) is 30.3 Å². The molecule has 10 heteroatoms. The first kappa shape index (κ1) is 23.3. The number of thioether (sulfide) groups is 1. The number of hydrogen-bond donors (Lipinski definition) is 2. The maximum absolute atomic E-state index is 12.7. The molecule has 1 fully saturated rings. The van der Waals surface area contributed by atoms with Gasteiger partial charge in [0.1, 0.15) is 5.75 Å². The van der Waals surface area contributed by atoms with Crippen molar-refractivity contribution in [1.82, 2.24) is 14.8 Å². The van der Waals surface area contributed by atoms with Gasteiger partial charge in [-0.15, -0.1) is 10.2 Å². The molecular weight excluding hydrogens is 466 g/mol. The Labute approximate surface area is 208 Å². The predicted molar refractivity (Wildman–Crippen MR) is 134 cm³/mol. The summed E-state index contributed by atoms with van der Waals surface area (Å²) in [6.45, 7) is 0.745. The van der Waals surface area contributed by atoms with Gasteiger partial charge >= 0.3 is 0 Å². The Balaban J connectivity index is 1.26. The average molecular weight is 496 g/mol. The molecule has 2 N–H and O–H groups in total. The van der Waals surface area contributed by atoms with Crippen LogP contribution in [0, 0.1) is 0 Å². The number of fused-ring (bicyclic) bond motifs is 1. The van der Waals surface area contributed by atoms with Crippen molar-refractivity contribution < 1.29 is 19.0 Å². The molecule has 3 aromatic rings. The van der Waals surface area contributed by atoms with Crippen LogP contribution in [-0.2, 0) is 11.3 Å². The van der Waals surface area contributed by atoms with E-state index < -0.39 is 0 Å². The van der Waals surface area contributed by atoms with E-state index in [1.165, 1.54) is 31.0 Å². The van der Waals surface area contributed by atoms with E-state index in [1.54, 1.807) is 19.2 Å². The van der Waals surface area contributed by atoms with Gasteiger partial charge in [0.25, 0.3) is 0 Å². The molecule has 0 saturated heterocycles. The van der Waals surface area contributed by atoms with Crippen molar-refractivity contribution in [3.05, 3.63) is 48.3 Å². The van der Waals surface area contributed by atoms with Gasteiger partial charge in [-0.3, -0.25) is 4.79 Å². The number of aromatic nitrogens is 3. The van der Waals surface area contributed by atoms with Crippen LogP contribution in [0.25, 0.3) is 0 Å². The molecule has 0 radical (unpaired) electrons. The summed E-state index contributed by atoms with van der Waals surface area (Å²) in [5.41, 5.74) is 1.64. The summed E-state index contributed by atoms with van der Waals surface area (Å²) in [5, 5.41) is 16.1. The van der Waals surface area contributed by atoms with Crippen LogP contribution in [0.1, 0.15) is 44.0 Å². The molecule has 0 bridgehead atoms. The van der Waals surface area contributed by atoms with E-state index in [9.17, 15) is 4.79 Å². The summed E-state index contributed by atoms with van der Waals surface area (Å²) in [6.07, 6.45) is 5.85. The first-order chi connectivity index (χ1) is 17.2. The normalized spacial score (nSPS) is 15.1. The van der Waals surface area contributed by atoms with Gasteiger partial charge in [-0.05, 0) is 37.1 Å². The number of ether oxygens (including phenoxy) is 3. The van der Waals surface area contributed by atoms with Crippen molar-refractivity contribution in [2.45, 2.75) is 49.8 Å². The number of carbonyl (C=O) groups is 1. The molecule has 0 unspecified atom stereocenters. The molecular formula is C25H29N5O4S. The van der Waals surface area contributed by atoms with E-state index in [4.69, 9.17) is 14.2 Å². The Morgan fingerprint density at radius 1 is 1.09 bits per heavy atom. The first-order valence-electron chi connectivity index (χ1n) is 11.8. The summed E-state index contributed by atoms with van der Waals surface area (Å²) in [5.74, 6) is 3.13. The summed E-state index contributed by atoms with van der Waals surface area (Å²) in [7, 11) is 1.66. The standard InChI is InChI=1S/C25H29N5O4S/c1-32-20-9-5-6-17(12-20)26-14-23-28-29-25(30(23)19-7-3-2-4-8-19)35-15-24(31)27-18-10-11-21-22(13-18)34-16-33-21/h5-6,9-13,19,26H,2-4,7-8,14-16H2,1H3,(H,27,31). The van der Waals surface area contributed by atoms with Crippen molar-refractivity contribution >= 4 is 29.0 Å². The van der Waals surface area contributed by atoms with Crippen molar-refractivity contribution in [2.75, 3.05) is 30.3 Å². The van der Waals surface area contributed by atoms with Crippen LogP contribution < -0.4 is 24.8 Å². The van der Waals surface area contributed by atoms with E-state index in [-0.39, 0.29) is 18.5 Å². The molecule has 35 heavy (non-hydrogen) atoms. The fourth-order valence-corrected chi connectivity index (χ4v) is 5.27. The molecule has 0 atom stereocenters. The van der Waals surface area contributed by atoms with Crippen LogP contribution in [0.4, 0.5) is 11.4 Å². The number of amides is 1. The number of nitrogens with zero attached hydrogens (tertiary/aromatic N) is 3. The fourth-order valence-electron chi connectivity index (χ4n) is 4.45. The number of nitrogens with one attached hydrogen (secondary N) is 2. The predicted octanol–water partition coefficient (Wildman–Crippen LogP) is 4.86. The Morgan fingerprint density at radius 2 is 1.94 bits per heavy atom. The highest BCUT2D eigenvalue weighted by atomic mass is 32.2. The lowest BCUT2D eigenvalue weighted by Crippen LogP contribution is -2.19. The van der Waals surface area contributed by atoms with Crippen molar-refractivity contribution in [2.24, 2.45) is 0 Å². The van der Waals surface area contributed by atoms with Crippen LogP contribution in [0.3, 0.4) is 0 Å². The summed E-state index contributed by atoms with van der Waals surface area (Å²) in [4.78, 5) is 12.7. The number of benzene rings is 2. The number of methoxy groups -OCH3 is 1. The minimum absolute atomic E-state index is 0.108. The maximum atomic E-state index is 12.7. The Bertz CT molecular complexity index is 1180. The van der Waals surface area contributed by atoms with Gasteiger partial charge in [-0.25, -0.2) is 0 Å². The maximum Gasteiger partial charge on any atom is 0.234 e. The Kier molecular flexibility index (Phi) is 7.27. The van der Waals surface area contributed by atoms with E-state index in [0.717, 1.165) is 35.3 Å². The van der Waals surface area contributed by atoms with E-state index in [2.05, 4.69) is 25.4 Å². The monoisotopic (exact) mass is 495 g/mol. The van der Waals surface area contributed by atoms with Crippen molar-refractivity contribution in [3.8, 4) is 17.2 Å². The average Bonchev–Trinajstić information content (AvgIpc) is 3.53. The number of anilines is 2. The first-order valence-corrected chi connectivity index (χ1v) is 12.8. The van der Waals surface area contributed by atoms with Gasteiger partial charge in [-0.2, -0.15) is 0 Å². The van der Waals surface area contributed by atoms with Crippen molar-refractivity contribution in [1.29, 1.82) is 0 Å². The largest absolute Gasteiger partial charge is 0.497 e. The van der Waals surface area contributed by atoms with Gasteiger partial charge in [0.2, 0.25) is 12.7 Å². The lowest BCUT2D eigenvalue weighted by molar-refractivity contribution is -0.113. The number of hydrogen-bond acceptors (Lipinski definition) is 8. The molecule has 1 aromatic heterocycles. The lowest BCUT2D eigenvalue weighted by Gasteiger charge is -2.25. The molecule has 1 amide bonds. The van der Waals surface area contributed by atoms with Crippen LogP contribution >= 0.6 is 11.8 Å². The van der Waals surface area contributed by atoms with Gasteiger partial charge in [0, 0.05) is 29.5 Å². The Morgan fingerprint density at radius 3 is 2.80 bits per heavy atom. The molecule has 5 rings (SSSR count). The van der Waals surface area contributed by atoms with E-state index >= 15 is 0 Å². The zero-order chi connectivity index (χ0) is 24.0. The number of rotatable bonds is 9. The Hall–Kier alpha value is -3.40. The molecule has 2 aliphatic rings. The fraction of sp³-hybridized carbons (Fsp3) is 0.400. The minimum atomic E-state index is -0.108. The zero-order valence-corrected chi connectivity index (χ0v) is 20.5. The van der Waals surface area contributed by atoms with E-state index in [0.29, 0.717) is 29.8 Å². The van der Waals surface area contributed by atoms with Crippen LogP contribution in [0.5, 0.6) is 17.2 Å². The lowest BCUT2D eigenvalue weighted by atomic mass is 9.95. The van der Waals surface area contributed by atoms with Gasteiger partial charge in [0.15, 0.2) is 22.5 Å². The van der Waals surface area contributed by atoms with Crippen LogP contribution in [0.15, 0.2) is 47.6 Å². The third-order valence-electron chi connectivity index (χ3n) is 6.18. The molecule has 2 aromatic carbocycles. The van der Waals surface area contributed by atoms with Gasteiger partial charge < -0.3 is 29.4 Å². The topological polar surface area (TPSA) is 99.5 Å². The van der Waals surface area contributed by atoms with Gasteiger partial charge in [0.05, 0.1) is 19.4 Å². The second-order valence-electron chi connectivity index (χ2n) is 8.55. The van der Waals surface area contributed by atoms with Crippen molar-refractivity contribution in [3.63, 3.8) is 0 Å². The van der Waals surface area contributed by atoms with Crippen LogP contribution in [-0.4, -0.2) is 40.3 Å². The second-order valence-corrected chi connectivity index (χ2v) is 9.49. The smallest absolute Gasteiger partial charge is 0.234 e. The molecule has 1 aliphatic carbocycles. The SMILES string of the molecule is COc1cccc(NCc2nnc(SCC(=O)Nc3ccc4c(c3)OCO4)n2C2CCCCC2)c1. The van der Waals surface area contributed by atoms with Crippen LogP contribution in [0.2, 0.25) is 0 Å². The molecule has 1 saturated carbocycles. The highest BCUT2D eigenvalue weighted by Gasteiger charge is 2.23. The number of carbonyl (C=O) groups excluding carboxylic acids is 1. The summed E-state index contributed by atoms with van der Waals surface area (Å²) in [6, 6.07) is 13.6. The third-order valence-corrected chi connectivity index (χ3v) is 7.13. The second kappa shape index (κ2) is 10.9. The zero-order valence-electron chi connectivity index (χ0n) is 19.7. The molecule has 0 spiro atoms.